The first-order valence-electron chi connectivity index (χ1n) is 7.77. The highest BCUT2D eigenvalue weighted by atomic mass is 16.7. The lowest BCUT2D eigenvalue weighted by Gasteiger charge is -2.45. The number of ether oxygens (including phenoxy) is 2. The summed E-state index contributed by atoms with van der Waals surface area (Å²) in [6, 6.07) is 4.77. The summed E-state index contributed by atoms with van der Waals surface area (Å²) in [7, 11) is 0. The minimum atomic E-state index is -0.336. The Morgan fingerprint density at radius 1 is 1.24 bits per heavy atom. The van der Waals surface area contributed by atoms with Crippen LogP contribution in [-0.4, -0.2) is 35.5 Å². The van der Waals surface area contributed by atoms with E-state index >= 15 is 0 Å². The number of hydrogen-bond acceptors (Lipinski definition) is 4. The molecule has 1 aromatic carbocycles. The van der Waals surface area contributed by atoms with Crippen molar-refractivity contribution < 1.29 is 14.6 Å². The number of nitrogens with zero attached hydrogens (tertiary/aromatic N) is 1. The molecular formula is C17H19NO3. The number of aliphatic hydroxyl groups excluding tert-OH is 1. The van der Waals surface area contributed by atoms with Gasteiger partial charge in [0.05, 0.1) is 6.10 Å². The van der Waals surface area contributed by atoms with Crippen molar-refractivity contribution in [2.45, 2.75) is 38.0 Å². The molecule has 0 aromatic heterocycles. The molecule has 0 amide bonds. The highest BCUT2D eigenvalue weighted by Crippen LogP contribution is 2.51. The van der Waals surface area contributed by atoms with Gasteiger partial charge in [-0.1, -0.05) is 18.6 Å². The van der Waals surface area contributed by atoms with Crippen LogP contribution in [0.3, 0.4) is 0 Å². The first-order chi connectivity index (χ1) is 10.2. The van der Waals surface area contributed by atoms with Crippen LogP contribution in [0.2, 0.25) is 0 Å². The second kappa shape index (κ2) is 4.02. The van der Waals surface area contributed by atoms with E-state index in [1.54, 1.807) is 0 Å². The zero-order valence-electron chi connectivity index (χ0n) is 12.1. The largest absolute Gasteiger partial charge is 0.454 e. The van der Waals surface area contributed by atoms with Crippen LogP contribution in [-0.2, 0) is 6.54 Å². The Bertz CT molecular complexity index is 654. The average molecular weight is 285 g/mol. The quantitative estimate of drug-likeness (QED) is 0.741. The Hall–Kier alpha value is -1.52. The molecule has 4 heteroatoms. The third-order valence-electron chi connectivity index (χ3n) is 5.66. The van der Waals surface area contributed by atoms with Gasteiger partial charge in [-0.15, -0.1) is 0 Å². The fraction of sp³-hybridized carbons (Fsp3) is 0.529. The molecule has 0 radical (unpaired) electrons. The molecule has 5 rings (SSSR count). The van der Waals surface area contributed by atoms with Crippen LogP contribution in [0.15, 0.2) is 23.8 Å². The summed E-state index contributed by atoms with van der Waals surface area (Å²) >= 11 is 0. The minimum absolute atomic E-state index is 0.235. The second-order valence-electron chi connectivity index (χ2n) is 6.69. The molecule has 1 aromatic rings. The molecule has 0 unspecified atom stereocenters. The predicted molar refractivity (Wildman–Crippen MR) is 77.4 cm³/mol. The fourth-order valence-electron chi connectivity index (χ4n) is 4.60. The summed E-state index contributed by atoms with van der Waals surface area (Å²) in [5.74, 6) is 2.32. The summed E-state index contributed by atoms with van der Waals surface area (Å²) in [6.07, 6.45) is 2.85. The van der Waals surface area contributed by atoms with E-state index in [1.165, 1.54) is 16.7 Å². The number of rotatable bonds is 0. The van der Waals surface area contributed by atoms with Crippen LogP contribution < -0.4 is 9.47 Å². The van der Waals surface area contributed by atoms with Crippen LogP contribution in [0, 0.1) is 5.92 Å². The predicted octanol–water partition coefficient (Wildman–Crippen LogP) is 2.02. The molecule has 0 saturated carbocycles. The van der Waals surface area contributed by atoms with Crippen LogP contribution in [0.4, 0.5) is 0 Å². The van der Waals surface area contributed by atoms with E-state index in [0.29, 0.717) is 18.8 Å². The Balaban J connectivity index is 1.70. The SMILES string of the molecule is C[C@H]1[C@H]2c3cc4c(cc3CN3CCC(=C[C@@H]1O)[C@H]23)OCO4. The van der Waals surface area contributed by atoms with E-state index < -0.39 is 0 Å². The van der Waals surface area contributed by atoms with Gasteiger partial charge < -0.3 is 14.6 Å². The van der Waals surface area contributed by atoms with Crippen molar-refractivity contribution in [3.63, 3.8) is 0 Å². The smallest absolute Gasteiger partial charge is 0.231 e. The van der Waals surface area contributed by atoms with E-state index in [0.717, 1.165) is 31.0 Å². The topological polar surface area (TPSA) is 41.9 Å². The lowest BCUT2D eigenvalue weighted by molar-refractivity contribution is 0.0909. The Labute approximate surface area is 124 Å². The third-order valence-corrected chi connectivity index (χ3v) is 5.66. The van der Waals surface area contributed by atoms with Crippen LogP contribution in [0.5, 0.6) is 11.5 Å². The van der Waals surface area contributed by atoms with Gasteiger partial charge in [0.15, 0.2) is 11.5 Å². The van der Waals surface area contributed by atoms with Crippen molar-refractivity contribution in [1.29, 1.82) is 0 Å². The molecule has 21 heavy (non-hydrogen) atoms. The highest BCUT2D eigenvalue weighted by Gasteiger charge is 2.47. The van der Waals surface area contributed by atoms with Crippen molar-refractivity contribution in [3.8, 4) is 11.5 Å². The standard InChI is InChI=1S/C17H19NO3/c1-9-13(19)4-10-2-3-18-7-11-5-14-15(21-8-20-14)6-12(11)16(9)17(10)18/h4-6,9,13,16-17,19H,2-3,7-8H2,1H3/t9-,13+,16+,17-/m1/s1. The monoisotopic (exact) mass is 285 g/mol. The molecule has 1 aliphatic carbocycles. The maximum Gasteiger partial charge on any atom is 0.231 e. The lowest BCUT2D eigenvalue weighted by atomic mass is 9.69. The van der Waals surface area contributed by atoms with Crippen molar-refractivity contribution in [3.05, 3.63) is 34.9 Å². The second-order valence-corrected chi connectivity index (χ2v) is 6.69. The van der Waals surface area contributed by atoms with Gasteiger partial charge in [-0.2, -0.15) is 0 Å². The third kappa shape index (κ3) is 1.52. The van der Waals surface area contributed by atoms with Gasteiger partial charge in [-0.25, -0.2) is 0 Å². The molecule has 4 atom stereocenters. The zero-order valence-corrected chi connectivity index (χ0v) is 12.1. The van der Waals surface area contributed by atoms with Crippen LogP contribution in [0.25, 0.3) is 0 Å². The number of fused-ring (bicyclic) bond motifs is 3. The molecule has 3 aliphatic heterocycles. The van der Waals surface area contributed by atoms with Gasteiger partial charge in [0.2, 0.25) is 6.79 Å². The Morgan fingerprint density at radius 2 is 2.05 bits per heavy atom. The van der Waals surface area contributed by atoms with Crippen molar-refractivity contribution in [1.82, 2.24) is 4.90 Å². The maximum atomic E-state index is 10.4. The summed E-state index contributed by atoms with van der Waals surface area (Å²) in [6.45, 7) is 4.56. The minimum Gasteiger partial charge on any atom is -0.454 e. The Morgan fingerprint density at radius 3 is 2.90 bits per heavy atom. The first kappa shape index (κ1) is 12.1. The van der Waals surface area contributed by atoms with E-state index in [1.807, 2.05) is 0 Å². The maximum absolute atomic E-state index is 10.4. The van der Waals surface area contributed by atoms with E-state index in [4.69, 9.17) is 9.47 Å². The van der Waals surface area contributed by atoms with E-state index in [2.05, 4.69) is 30.0 Å². The molecule has 1 saturated heterocycles. The van der Waals surface area contributed by atoms with Gasteiger partial charge in [0, 0.05) is 25.0 Å². The Kier molecular flexibility index (Phi) is 2.31. The molecule has 110 valence electrons. The molecule has 4 nitrogen and oxygen atoms in total. The lowest BCUT2D eigenvalue weighted by Crippen LogP contribution is -2.46. The summed E-state index contributed by atoms with van der Waals surface area (Å²) < 4.78 is 11.1. The molecule has 3 heterocycles. The van der Waals surface area contributed by atoms with Crippen molar-refractivity contribution in [2.24, 2.45) is 5.92 Å². The zero-order chi connectivity index (χ0) is 14.1. The number of aliphatic hydroxyl groups is 1. The summed E-state index contributed by atoms with van der Waals surface area (Å²) in [5, 5.41) is 10.4. The molecule has 1 N–H and O–H groups in total. The summed E-state index contributed by atoms with van der Waals surface area (Å²) in [4.78, 5) is 2.56. The van der Waals surface area contributed by atoms with Gasteiger partial charge in [0.1, 0.15) is 0 Å². The van der Waals surface area contributed by atoms with Gasteiger partial charge in [-0.05, 0) is 35.6 Å². The van der Waals surface area contributed by atoms with Crippen molar-refractivity contribution >= 4 is 0 Å². The van der Waals surface area contributed by atoms with Crippen LogP contribution >= 0.6 is 0 Å². The number of benzene rings is 1. The molecule has 0 bridgehead atoms. The molecule has 4 aliphatic rings. The normalized spacial score (nSPS) is 36.2. The molecular weight excluding hydrogens is 266 g/mol. The number of hydrogen-bond donors (Lipinski definition) is 1. The first-order valence-corrected chi connectivity index (χ1v) is 7.77. The summed E-state index contributed by atoms with van der Waals surface area (Å²) in [5.41, 5.74) is 4.11. The van der Waals surface area contributed by atoms with Gasteiger partial charge >= 0.3 is 0 Å². The van der Waals surface area contributed by atoms with E-state index in [-0.39, 0.29) is 12.0 Å². The highest BCUT2D eigenvalue weighted by molar-refractivity contribution is 5.53. The van der Waals surface area contributed by atoms with Gasteiger partial charge in [0.25, 0.3) is 0 Å². The average Bonchev–Trinajstić information content (AvgIpc) is 3.08. The van der Waals surface area contributed by atoms with E-state index in [9.17, 15) is 5.11 Å². The molecule has 0 spiro atoms. The molecule has 1 fully saturated rings. The van der Waals surface area contributed by atoms with Gasteiger partial charge in [-0.3, -0.25) is 4.90 Å². The fourth-order valence-corrected chi connectivity index (χ4v) is 4.60. The van der Waals surface area contributed by atoms with Crippen molar-refractivity contribution in [2.75, 3.05) is 13.3 Å². The van der Waals surface area contributed by atoms with Crippen LogP contribution in [0.1, 0.15) is 30.4 Å².